The molecule has 0 bridgehead atoms. The molecule has 3 N–H and O–H groups in total. The smallest absolute Gasteiger partial charge is 0.446 e. The molecule has 0 spiro atoms. The van der Waals surface area contributed by atoms with E-state index in [4.69, 9.17) is 10.2 Å². The van der Waals surface area contributed by atoms with Crippen LogP contribution in [0.25, 0.3) is 0 Å². The third kappa shape index (κ3) is 4.41. The van der Waals surface area contributed by atoms with Gasteiger partial charge in [0.25, 0.3) is 5.91 Å². The van der Waals surface area contributed by atoms with Crippen molar-refractivity contribution in [1.82, 2.24) is 10.3 Å². The van der Waals surface area contributed by atoms with Gasteiger partial charge in [0.15, 0.2) is 5.76 Å². The van der Waals surface area contributed by atoms with Gasteiger partial charge in [0.1, 0.15) is 11.2 Å². The number of furan rings is 1. The monoisotopic (exact) mass is 490 g/mol. The zero-order chi connectivity index (χ0) is 24.7. The number of pyridine rings is 1. The SMILES string of the molecule is CC1(C(N)c2ccnc(C(=O)c3ccco3)c2)NC(=O)N(c2ccc(SC(F)(F)F)cc2)C1=O. The second-order valence-electron chi connectivity index (χ2n) is 7.57. The number of hydrogen-bond acceptors (Lipinski definition) is 7. The lowest BCUT2D eigenvalue weighted by atomic mass is 9.87. The largest absolute Gasteiger partial charge is 0.461 e. The molecule has 2 atom stereocenters. The molecule has 3 heterocycles. The summed E-state index contributed by atoms with van der Waals surface area (Å²) in [6.07, 6.45) is 2.70. The molecule has 2 aromatic heterocycles. The van der Waals surface area contributed by atoms with Crippen molar-refractivity contribution in [3.8, 4) is 0 Å². The van der Waals surface area contributed by atoms with Crippen LogP contribution in [0.2, 0.25) is 0 Å². The zero-order valence-corrected chi connectivity index (χ0v) is 18.3. The molecule has 12 heteroatoms. The van der Waals surface area contributed by atoms with Crippen LogP contribution in [-0.4, -0.2) is 33.8 Å². The summed E-state index contributed by atoms with van der Waals surface area (Å²) in [5.74, 6) is -1.10. The minimum atomic E-state index is -4.46. The van der Waals surface area contributed by atoms with E-state index in [1.165, 1.54) is 61.8 Å². The number of urea groups is 1. The van der Waals surface area contributed by atoms with Crippen molar-refractivity contribution < 1.29 is 32.0 Å². The number of benzene rings is 1. The van der Waals surface area contributed by atoms with Gasteiger partial charge >= 0.3 is 11.5 Å². The number of thioether (sulfide) groups is 1. The Bertz CT molecular complexity index is 1250. The van der Waals surface area contributed by atoms with Gasteiger partial charge in [0, 0.05) is 11.1 Å². The number of ketones is 1. The van der Waals surface area contributed by atoms with E-state index in [0.29, 0.717) is 5.56 Å². The van der Waals surface area contributed by atoms with E-state index in [1.807, 2.05) is 0 Å². The molecule has 3 amide bonds. The molecule has 1 fully saturated rings. The first-order chi connectivity index (χ1) is 16.0. The number of alkyl halides is 3. The molecule has 0 radical (unpaired) electrons. The average molecular weight is 490 g/mol. The Morgan fingerprint density at radius 1 is 1.21 bits per heavy atom. The first kappa shape index (κ1) is 23.5. The maximum atomic E-state index is 13.3. The van der Waals surface area contributed by atoms with Crippen LogP contribution in [-0.2, 0) is 4.79 Å². The summed E-state index contributed by atoms with van der Waals surface area (Å²) in [7, 11) is 0. The lowest BCUT2D eigenvalue weighted by Crippen LogP contribution is -2.52. The molecular weight excluding hydrogens is 473 g/mol. The van der Waals surface area contributed by atoms with Crippen LogP contribution in [0.1, 0.15) is 34.8 Å². The first-order valence-corrected chi connectivity index (χ1v) is 10.6. The van der Waals surface area contributed by atoms with Gasteiger partial charge in [-0.25, -0.2) is 9.69 Å². The molecule has 1 aliphatic heterocycles. The second kappa shape index (κ2) is 8.61. The van der Waals surface area contributed by atoms with E-state index in [0.717, 1.165) is 4.90 Å². The summed E-state index contributed by atoms with van der Waals surface area (Å²) in [4.78, 5) is 43.2. The third-order valence-corrected chi connectivity index (χ3v) is 6.03. The zero-order valence-electron chi connectivity index (χ0n) is 17.5. The number of nitrogens with two attached hydrogens (primary N) is 1. The molecule has 3 aromatic rings. The number of nitrogens with one attached hydrogen (secondary N) is 1. The van der Waals surface area contributed by atoms with Crippen LogP contribution in [0.5, 0.6) is 0 Å². The molecule has 8 nitrogen and oxygen atoms in total. The number of amides is 3. The highest BCUT2D eigenvalue weighted by Gasteiger charge is 2.52. The van der Waals surface area contributed by atoms with Gasteiger partial charge < -0.3 is 15.5 Å². The van der Waals surface area contributed by atoms with Crippen molar-refractivity contribution in [3.05, 3.63) is 78.0 Å². The standard InChI is InChI=1S/C22H17F3N4O4S/c1-21(18(26)12-8-9-27-15(11-12)17(30)16-3-2-10-33-16)19(31)29(20(32)28-21)13-4-6-14(7-5-13)34-22(23,24)25/h2-11,18H,26H2,1H3,(H,28,32). The molecule has 1 saturated heterocycles. The average Bonchev–Trinajstić information content (AvgIpc) is 3.40. The van der Waals surface area contributed by atoms with Crippen LogP contribution in [0.3, 0.4) is 0 Å². The molecule has 1 aromatic carbocycles. The Hall–Kier alpha value is -3.64. The molecule has 34 heavy (non-hydrogen) atoms. The predicted molar refractivity (Wildman–Crippen MR) is 116 cm³/mol. The molecule has 2 unspecified atom stereocenters. The fourth-order valence-corrected chi connectivity index (χ4v) is 4.07. The quantitative estimate of drug-likeness (QED) is 0.304. The van der Waals surface area contributed by atoms with Crippen LogP contribution in [0.4, 0.5) is 23.7 Å². The van der Waals surface area contributed by atoms with Gasteiger partial charge in [-0.3, -0.25) is 14.6 Å². The highest BCUT2D eigenvalue weighted by Crippen LogP contribution is 2.38. The van der Waals surface area contributed by atoms with Gasteiger partial charge in [-0.15, -0.1) is 0 Å². The van der Waals surface area contributed by atoms with Crippen molar-refractivity contribution in [3.63, 3.8) is 0 Å². The van der Waals surface area contributed by atoms with Gasteiger partial charge in [-0.05, 0) is 72.8 Å². The number of carbonyl (C=O) groups is 3. The summed E-state index contributed by atoms with van der Waals surface area (Å²) < 4.78 is 42.8. The molecule has 1 aliphatic rings. The van der Waals surface area contributed by atoms with E-state index in [1.54, 1.807) is 6.07 Å². The molecule has 0 aliphatic carbocycles. The number of aromatic nitrogens is 1. The maximum absolute atomic E-state index is 13.3. The lowest BCUT2D eigenvalue weighted by Gasteiger charge is -2.29. The van der Waals surface area contributed by atoms with Crippen molar-refractivity contribution in [2.75, 3.05) is 4.90 Å². The predicted octanol–water partition coefficient (Wildman–Crippen LogP) is 4.03. The molecule has 0 saturated carbocycles. The Labute approximate surface area is 195 Å². The molecule has 176 valence electrons. The number of imide groups is 1. The minimum Gasteiger partial charge on any atom is -0.461 e. The number of hydrogen-bond donors (Lipinski definition) is 2. The molecule has 4 rings (SSSR count). The van der Waals surface area contributed by atoms with Crippen molar-refractivity contribution in [2.24, 2.45) is 5.73 Å². The first-order valence-electron chi connectivity index (χ1n) is 9.82. The van der Waals surface area contributed by atoms with E-state index < -0.39 is 34.8 Å². The van der Waals surface area contributed by atoms with Crippen LogP contribution in [0.15, 0.2) is 70.3 Å². The molecular formula is C22H17F3N4O4S. The van der Waals surface area contributed by atoms with Crippen molar-refractivity contribution >= 4 is 35.2 Å². The lowest BCUT2D eigenvalue weighted by molar-refractivity contribution is -0.122. The summed E-state index contributed by atoms with van der Waals surface area (Å²) in [6, 6.07) is 8.93. The highest BCUT2D eigenvalue weighted by atomic mass is 32.2. The number of halogens is 3. The van der Waals surface area contributed by atoms with E-state index >= 15 is 0 Å². The number of nitrogens with zero attached hydrogens (tertiary/aromatic N) is 2. The van der Waals surface area contributed by atoms with Crippen LogP contribution >= 0.6 is 11.8 Å². The highest BCUT2D eigenvalue weighted by molar-refractivity contribution is 8.00. The van der Waals surface area contributed by atoms with Gasteiger partial charge in [0.2, 0.25) is 5.78 Å². The summed E-state index contributed by atoms with van der Waals surface area (Å²) in [5.41, 5.74) is 0.790. The van der Waals surface area contributed by atoms with Crippen molar-refractivity contribution in [1.29, 1.82) is 0 Å². The second-order valence-corrected chi connectivity index (χ2v) is 8.71. The normalized spacial score (nSPS) is 19.3. The van der Waals surface area contributed by atoms with Crippen LogP contribution in [0, 0.1) is 0 Å². The van der Waals surface area contributed by atoms with Crippen molar-refractivity contribution in [2.45, 2.75) is 28.9 Å². The fraction of sp³-hybridized carbons (Fsp3) is 0.182. The number of rotatable bonds is 6. The Balaban J connectivity index is 1.58. The summed E-state index contributed by atoms with van der Waals surface area (Å²) in [6.45, 7) is 1.43. The number of carbonyl (C=O) groups excluding carboxylic acids is 3. The van der Waals surface area contributed by atoms with Gasteiger partial charge in [-0.1, -0.05) is 0 Å². The van der Waals surface area contributed by atoms with Gasteiger partial charge in [0.05, 0.1) is 18.0 Å². The summed E-state index contributed by atoms with van der Waals surface area (Å²) in [5, 5.41) is 2.56. The Kier molecular flexibility index (Phi) is 5.96. The summed E-state index contributed by atoms with van der Waals surface area (Å²) >= 11 is -0.306. The number of anilines is 1. The van der Waals surface area contributed by atoms with E-state index in [-0.39, 0.29) is 33.8 Å². The van der Waals surface area contributed by atoms with Crippen LogP contribution < -0.4 is 16.0 Å². The fourth-order valence-electron chi connectivity index (χ4n) is 3.53. The third-order valence-electron chi connectivity index (χ3n) is 5.29. The van der Waals surface area contributed by atoms with Gasteiger partial charge in [-0.2, -0.15) is 13.2 Å². The van der Waals surface area contributed by atoms with E-state index in [2.05, 4.69) is 10.3 Å². The Morgan fingerprint density at radius 2 is 1.91 bits per heavy atom. The topological polar surface area (TPSA) is 119 Å². The minimum absolute atomic E-state index is 0.0397. The van der Waals surface area contributed by atoms with E-state index in [9.17, 15) is 27.6 Å². The Morgan fingerprint density at radius 3 is 2.53 bits per heavy atom. The maximum Gasteiger partial charge on any atom is 0.446 e.